The van der Waals surface area contributed by atoms with Gasteiger partial charge in [-0.25, -0.2) is 4.79 Å². The standard InChI is InChI=1S/C21H26O4/c1-3-5-7-17-8-10-19(11-9-17)24-21(22)25-20-14-12-18(13-15-20)23-16-6-4-2/h8-15H,3-7,16H2,1-2H3. The SMILES string of the molecule is CCCCOc1ccc(OC(=O)Oc2ccc(CCCC)cc2)cc1. The zero-order chi connectivity index (χ0) is 17.9. The molecule has 0 atom stereocenters. The van der Waals surface area contributed by atoms with Crippen molar-refractivity contribution in [3.05, 3.63) is 54.1 Å². The van der Waals surface area contributed by atoms with Crippen molar-refractivity contribution in [2.45, 2.75) is 46.0 Å². The van der Waals surface area contributed by atoms with Crippen molar-refractivity contribution in [1.82, 2.24) is 0 Å². The summed E-state index contributed by atoms with van der Waals surface area (Å²) in [7, 11) is 0. The summed E-state index contributed by atoms with van der Waals surface area (Å²) in [6.45, 7) is 4.97. The molecule has 0 aromatic heterocycles. The summed E-state index contributed by atoms with van der Waals surface area (Å²) in [4.78, 5) is 11.9. The van der Waals surface area contributed by atoms with Crippen LogP contribution in [0.4, 0.5) is 4.79 Å². The van der Waals surface area contributed by atoms with Gasteiger partial charge in [0.25, 0.3) is 0 Å². The number of unbranched alkanes of at least 4 members (excludes halogenated alkanes) is 2. The first-order valence-corrected chi connectivity index (χ1v) is 8.92. The summed E-state index contributed by atoms with van der Waals surface area (Å²) in [5, 5.41) is 0. The topological polar surface area (TPSA) is 44.8 Å². The smallest absolute Gasteiger partial charge is 0.494 e. The van der Waals surface area contributed by atoms with Gasteiger partial charge in [-0.2, -0.15) is 0 Å². The fourth-order valence-electron chi connectivity index (χ4n) is 2.26. The molecule has 0 radical (unpaired) electrons. The molecule has 25 heavy (non-hydrogen) atoms. The van der Waals surface area contributed by atoms with Crippen molar-refractivity contribution in [3.8, 4) is 17.2 Å². The maximum atomic E-state index is 11.9. The molecule has 2 aromatic carbocycles. The van der Waals surface area contributed by atoms with Crippen LogP contribution in [0.3, 0.4) is 0 Å². The quantitative estimate of drug-likeness (QED) is 0.329. The van der Waals surface area contributed by atoms with E-state index < -0.39 is 6.16 Å². The van der Waals surface area contributed by atoms with Gasteiger partial charge in [-0.05, 0) is 61.2 Å². The van der Waals surface area contributed by atoms with Gasteiger partial charge in [0.1, 0.15) is 17.2 Å². The van der Waals surface area contributed by atoms with E-state index in [-0.39, 0.29) is 0 Å². The lowest BCUT2D eigenvalue weighted by atomic mass is 10.1. The second kappa shape index (κ2) is 10.4. The molecule has 4 heteroatoms. The lowest BCUT2D eigenvalue weighted by molar-refractivity contribution is 0.152. The molecule has 0 unspecified atom stereocenters. The number of carbonyl (C=O) groups excluding carboxylic acids is 1. The van der Waals surface area contributed by atoms with Crippen molar-refractivity contribution >= 4 is 6.16 Å². The Hall–Kier alpha value is -2.49. The van der Waals surface area contributed by atoms with E-state index in [1.165, 1.54) is 5.56 Å². The Morgan fingerprint density at radius 1 is 0.760 bits per heavy atom. The zero-order valence-corrected chi connectivity index (χ0v) is 15.0. The monoisotopic (exact) mass is 342 g/mol. The lowest BCUT2D eigenvalue weighted by Gasteiger charge is -2.08. The molecule has 0 saturated carbocycles. The van der Waals surface area contributed by atoms with Crippen LogP contribution >= 0.6 is 0 Å². The predicted molar refractivity (Wildman–Crippen MR) is 98.6 cm³/mol. The van der Waals surface area contributed by atoms with Gasteiger partial charge >= 0.3 is 6.16 Å². The minimum Gasteiger partial charge on any atom is -0.494 e. The third-order valence-electron chi connectivity index (χ3n) is 3.74. The molecule has 0 spiro atoms. The average molecular weight is 342 g/mol. The van der Waals surface area contributed by atoms with Gasteiger partial charge in [0, 0.05) is 0 Å². The molecule has 2 rings (SSSR count). The highest BCUT2D eigenvalue weighted by atomic mass is 16.7. The largest absolute Gasteiger partial charge is 0.519 e. The molecule has 0 amide bonds. The maximum Gasteiger partial charge on any atom is 0.519 e. The Morgan fingerprint density at radius 3 is 1.84 bits per heavy atom. The summed E-state index contributed by atoms with van der Waals surface area (Å²) >= 11 is 0. The highest BCUT2D eigenvalue weighted by Crippen LogP contribution is 2.19. The summed E-state index contributed by atoms with van der Waals surface area (Å²) in [6, 6.07) is 14.5. The molecule has 0 fully saturated rings. The van der Waals surface area contributed by atoms with Crippen LogP contribution in [0.25, 0.3) is 0 Å². The number of rotatable bonds is 9. The summed E-state index contributed by atoms with van der Waals surface area (Å²) in [5.74, 6) is 1.66. The number of ether oxygens (including phenoxy) is 3. The van der Waals surface area contributed by atoms with Crippen LogP contribution in [0.1, 0.15) is 45.1 Å². The molecular formula is C21H26O4. The van der Waals surface area contributed by atoms with Crippen molar-refractivity contribution in [2.24, 2.45) is 0 Å². The van der Waals surface area contributed by atoms with Crippen molar-refractivity contribution in [3.63, 3.8) is 0 Å². The van der Waals surface area contributed by atoms with Crippen LogP contribution in [0, 0.1) is 0 Å². The van der Waals surface area contributed by atoms with Gasteiger partial charge in [-0.15, -0.1) is 0 Å². The first kappa shape index (κ1) is 18.8. The molecule has 0 aliphatic carbocycles. The van der Waals surface area contributed by atoms with E-state index in [4.69, 9.17) is 14.2 Å². The van der Waals surface area contributed by atoms with E-state index in [0.717, 1.165) is 37.9 Å². The fourth-order valence-corrected chi connectivity index (χ4v) is 2.26. The van der Waals surface area contributed by atoms with Gasteiger partial charge in [0.05, 0.1) is 6.61 Å². The van der Waals surface area contributed by atoms with Gasteiger partial charge in [0.15, 0.2) is 0 Å². The van der Waals surface area contributed by atoms with Crippen LogP contribution in [-0.4, -0.2) is 12.8 Å². The van der Waals surface area contributed by atoms with Crippen LogP contribution in [-0.2, 0) is 6.42 Å². The fraction of sp³-hybridized carbons (Fsp3) is 0.381. The summed E-state index contributed by atoms with van der Waals surface area (Å²) in [5.41, 5.74) is 1.24. The van der Waals surface area contributed by atoms with E-state index in [9.17, 15) is 4.79 Å². The number of benzene rings is 2. The number of hydrogen-bond donors (Lipinski definition) is 0. The highest BCUT2D eigenvalue weighted by Gasteiger charge is 2.08. The van der Waals surface area contributed by atoms with E-state index in [0.29, 0.717) is 18.1 Å². The van der Waals surface area contributed by atoms with Crippen molar-refractivity contribution in [1.29, 1.82) is 0 Å². The van der Waals surface area contributed by atoms with E-state index in [1.54, 1.807) is 36.4 Å². The van der Waals surface area contributed by atoms with E-state index in [1.807, 2.05) is 12.1 Å². The van der Waals surface area contributed by atoms with Crippen LogP contribution in [0.2, 0.25) is 0 Å². The minimum atomic E-state index is -0.749. The maximum absolute atomic E-state index is 11.9. The third-order valence-corrected chi connectivity index (χ3v) is 3.74. The number of carbonyl (C=O) groups is 1. The van der Waals surface area contributed by atoms with Gasteiger partial charge in [-0.3, -0.25) is 0 Å². The average Bonchev–Trinajstić information content (AvgIpc) is 2.63. The third kappa shape index (κ3) is 6.87. The Bertz CT molecular complexity index is 632. The zero-order valence-electron chi connectivity index (χ0n) is 15.0. The molecule has 0 saturated heterocycles. The molecular weight excluding hydrogens is 316 g/mol. The molecule has 0 N–H and O–H groups in total. The molecule has 134 valence electrons. The van der Waals surface area contributed by atoms with Crippen molar-refractivity contribution < 1.29 is 19.0 Å². The van der Waals surface area contributed by atoms with Gasteiger partial charge in [-0.1, -0.05) is 38.8 Å². The second-order valence-electron chi connectivity index (χ2n) is 5.88. The van der Waals surface area contributed by atoms with Crippen LogP contribution in [0.15, 0.2) is 48.5 Å². The van der Waals surface area contributed by atoms with Gasteiger partial charge < -0.3 is 14.2 Å². The Kier molecular flexibility index (Phi) is 7.83. The minimum absolute atomic E-state index is 0.424. The molecule has 2 aromatic rings. The normalized spacial score (nSPS) is 10.3. The van der Waals surface area contributed by atoms with Crippen molar-refractivity contribution in [2.75, 3.05) is 6.61 Å². The second-order valence-corrected chi connectivity index (χ2v) is 5.88. The number of aryl methyl sites for hydroxylation is 1. The molecule has 0 aliphatic heterocycles. The molecule has 0 aliphatic rings. The molecule has 0 bridgehead atoms. The highest BCUT2D eigenvalue weighted by molar-refractivity contribution is 5.67. The van der Waals surface area contributed by atoms with Crippen LogP contribution in [0.5, 0.6) is 17.2 Å². The lowest BCUT2D eigenvalue weighted by Crippen LogP contribution is -2.13. The first-order chi connectivity index (χ1) is 12.2. The number of hydrogen-bond acceptors (Lipinski definition) is 4. The Labute approximate surface area is 149 Å². The van der Waals surface area contributed by atoms with Gasteiger partial charge in [0.2, 0.25) is 0 Å². The summed E-state index contributed by atoms with van der Waals surface area (Å²) < 4.78 is 15.9. The van der Waals surface area contributed by atoms with E-state index in [2.05, 4.69) is 13.8 Å². The Morgan fingerprint density at radius 2 is 1.28 bits per heavy atom. The molecule has 4 nitrogen and oxygen atoms in total. The Balaban J connectivity index is 1.81. The summed E-state index contributed by atoms with van der Waals surface area (Å²) in [6.07, 6.45) is 4.70. The van der Waals surface area contributed by atoms with Crippen LogP contribution < -0.4 is 14.2 Å². The van der Waals surface area contributed by atoms with E-state index >= 15 is 0 Å². The predicted octanol–water partition coefficient (Wildman–Crippen LogP) is 5.79. The molecule has 0 heterocycles. The first-order valence-electron chi connectivity index (χ1n) is 8.92.